The number of esters is 1. The number of methoxy groups -OCH3 is 2. The first-order valence-electron chi connectivity index (χ1n) is 15.9. The molecule has 0 aromatic carbocycles. The van der Waals surface area contributed by atoms with Crippen molar-refractivity contribution in [2.45, 2.75) is 87.1 Å². The topological polar surface area (TPSA) is 161 Å². The average Bonchev–Trinajstić information content (AvgIpc) is 3.85. The molecule has 8 rings (SSSR count). The molecule has 12 atom stereocenters. The van der Waals surface area contributed by atoms with Gasteiger partial charge in [-0.25, -0.2) is 0 Å². The predicted molar refractivity (Wildman–Crippen MR) is 156 cm³/mol. The minimum Gasteiger partial charge on any atom is -0.465 e. The molecule has 252 valence electrons. The third kappa shape index (κ3) is 5.13. The van der Waals surface area contributed by atoms with Gasteiger partial charge in [0.25, 0.3) is 0 Å². The lowest BCUT2D eigenvalue weighted by atomic mass is 9.59. The molecule has 14 heteroatoms. The number of ether oxygens (including phenoxy) is 9. The van der Waals surface area contributed by atoms with Crippen molar-refractivity contribution >= 4 is 17.3 Å². The van der Waals surface area contributed by atoms with Gasteiger partial charge in [0.2, 0.25) is 6.79 Å². The Hall–Kier alpha value is -2.11. The van der Waals surface area contributed by atoms with Crippen molar-refractivity contribution in [1.82, 2.24) is 0 Å². The SMILES string of the molecule is COC1CC([C@@H]2C3=C(CC4=C(C3)OCO4)C(O[C@@H]3O[C@@H]4CO[C@@H](c5cccs5)OC4[C@H](O)[C@H]3O)C3COC(=O)[C@@H]32)CC(OC)C1O. The first kappa shape index (κ1) is 31.2. The highest BCUT2D eigenvalue weighted by molar-refractivity contribution is 7.10. The van der Waals surface area contributed by atoms with Crippen molar-refractivity contribution < 1.29 is 62.7 Å². The van der Waals surface area contributed by atoms with Crippen LogP contribution in [0.4, 0.5) is 0 Å². The summed E-state index contributed by atoms with van der Waals surface area (Å²) in [4.78, 5) is 14.4. The summed E-state index contributed by atoms with van der Waals surface area (Å²) < 4.78 is 53.6. The van der Waals surface area contributed by atoms with E-state index in [1.807, 2.05) is 17.5 Å². The number of carbonyl (C=O) groups excluding carboxylic acids is 1. The molecule has 3 aliphatic carbocycles. The maximum absolute atomic E-state index is 13.6. The summed E-state index contributed by atoms with van der Waals surface area (Å²) in [5.41, 5.74) is 1.94. The first-order chi connectivity index (χ1) is 22.4. The summed E-state index contributed by atoms with van der Waals surface area (Å²) in [6, 6.07) is 3.78. The van der Waals surface area contributed by atoms with Gasteiger partial charge in [-0.15, -0.1) is 11.3 Å². The maximum Gasteiger partial charge on any atom is 0.310 e. The standard InChI is InChI=1S/C32H40O13S/c1-37-19-6-13(7-20(38-2)25(19)33)23-14-8-17-18(42-12-41-17)9-15(14)28(16-10-39-30(36)24(16)23)44-32-27(35)26(34)29-21(43-32)11-40-31(45-29)22-4-3-5-46-22/h3-5,13,16,19-21,23-29,31-35H,6-12H2,1-2H3/t13?,16?,19?,20?,21-,23-,24+,25?,26-,27-,28?,29?,31-,32+/m1/s1. The Balaban J connectivity index is 1.10. The molecule has 7 aliphatic rings. The van der Waals surface area contributed by atoms with E-state index >= 15 is 0 Å². The van der Waals surface area contributed by atoms with Crippen LogP contribution in [0.3, 0.4) is 0 Å². The lowest BCUT2D eigenvalue weighted by Gasteiger charge is -2.50. The third-order valence-corrected chi connectivity index (χ3v) is 11.8. The smallest absolute Gasteiger partial charge is 0.310 e. The van der Waals surface area contributed by atoms with Gasteiger partial charge in [-0.1, -0.05) is 11.6 Å². The fourth-order valence-corrected chi connectivity index (χ4v) is 9.38. The fourth-order valence-electron chi connectivity index (χ4n) is 8.68. The van der Waals surface area contributed by atoms with E-state index in [2.05, 4.69) is 0 Å². The molecule has 0 spiro atoms. The van der Waals surface area contributed by atoms with Gasteiger partial charge in [-0.3, -0.25) is 4.79 Å². The normalized spacial score (nSPS) is 45.3. The molecule has 0 radical (unpaired) electrons. The summed E-state index contributed by atoms with van der Waals surface area (Å²) in [6.45, 7) is 0.394. The number of allylic oxidation sites excluding steroid dienone is 2. The number of thiophene rings is 1. The third-order valence-electron chi connectivity index (χ3n) is 10.9. The van der Waals surface area contributed by atoms with Crippen LogP contribution in [0.1, 0.15) is 36.9 Å². The van der Waals surface area contributed by atoms with Crippen molar-refractivity contribution in [2.24, 2.45) is 23.7 Å². The summed E-state index contributed by atoms with van der Waals surface area (Å²) in [5.74, 6) is -0.0872. The van der Waals surface area contributed by atoms with Gasteiger partial charge in [-0.2, -0.15) is 0 Å². The highest BCUT2D eigenvalue weighted by Crippen LogP contribution is 2.56. The van der Waals surface area contributed by atoms with Crippen LogP contribution in [0, 0.1) is 23.7 Å². The molecule has 0 bridgehead atoms. The van der Waals surface area contributed by atoms with Crippen LogP contribution >= 0.6 is 11.3 Å². The van der Waals surface area contributed by atoms with Gasteiger partial charge in [0.05, 0.1) is 42.3 Å². The second kappa shape index (κ2) is 12.4. The zero-order chi connectivity index (χ0) is 31.7. The number of cyclic esters (lactones) is 1. The molecule has 0 amide bonds. The van der Waals surface area contributed by atoms with E-state index in [0.717, 1.165) is 27.5 Å². The largest absolute Gasteiger partial charge is 0.465 e. The van der Waals surface area contributed by atoms with Crippen molar-refractivity contribution in [2.75, 3.05) is 34.2 Å². The second-order valence-electron chi connectivity index (χ2n) is 13.1. The van der Waals surface area contributed by atoms with Crippen LogP contribution in [-0.4, -0.2) is 111 Å². The summed E-state index contributed by atoms with van der Waals surface area (Å²) in [6.07, 6.45) is -6.54. The van der Waals surface area contributed by atoms with E-state index in [0.29, 0.717) is 25.7 Å². The molecule has 4 fully saturated rings. The molecule has 3 saturated heterocycles. The zero-order valence-corrected chi connectivity index (χ0v) is 26.4. The molecule has 13 nitrogen and oxygen atoms in total. The Morgan fingerprint density at radius 2 is 1.61 bits per heavy atom. The van der Waals surface area contributed by atoms with Crippen LogP contribution in [0.15, 0.2) is 40.2 Å². The summed E-state index contributed by atoms with van der Waals surface area (Å²) in [5, 5.41) is 35.3. The lowest BCUT2D eigenvalue weighted by Crippen LogP contribution is -2.63. The maximum atomic E-state index is 13.6. The molecular weight excluding hydrogens is 624 g/mol. The molecule has 1 aromatic rings. The Morgan fingerprint density at radius 3 is 2.30 bits per heavy atom. The molecule has 46 heavy (non-hydrogen) atoms. The number of hydrogen-bond acceptors (Lipinski definition) is 14. The minimum atomic E-state index is -1.42. The van der Waals surface area contributed by atoms with E-state index in [-0.39, 0.29) is 43.7 Å². The van der Waals surface area contributed by atoms with Crippen LogP contribution < -0.4 is 0 Å². The van der Waals surface area contributed by atoms with E-state index in [9.17, 15) is 20.1 Å². The number of fused-ring (bicyclic) bond motifs is 2. The molecular formula is C32H40O13S. The van der Waals surface area contributed by atoms with Crippen LogP contribution in [0.25, 0.3) is 0 Å². The minimum absolute atomic E-state index is 0.0567. The van der Waals surface area contributed by atoms with Crippen molar-refractivity contribution in [1.29, 1.82) is 0 Å². The van der Waals surface area contributed by atoms with E-state index in [1.165, 1.54) is 11.3 Å². The van der Waals surface area contributed by atoms with Gasteiger partial charge in [0, 0.05) is 33.0 Å². The molecule has 1 saturated carbocycles. The number of aliphatic hydroxyl groups excluding tert-OH is 3. The predicted octanol–water partition coefficient (Wildman–Crippen LogP) is 1.52. The lowest BCUT2D eigenvalue weighted by molar-refractivity contribution is -0.366. The number of aliphatic hydroxyl groups is 3. The van der Waals surface area contributed by atoms with E-state index in [1.54, 1.807) is 14.2 Å². The molecule has 1 aromatic heterocycles. The van der Waals surface area contributed by atoms with Gasteiger partial charge in [-0.05, 0) is 41.7 Å². The zero-order valence-electron chi connectivity index (χ0n) is 25.6. The second-order valence-corrected chi connectivity index (χ2v) is 14.1. The van der Waals surface area contributed by atoms with Gasteiger partial charge in [0.1, 0.15) is 42.0 Å². The number of hydrogen-bond donors (Lipinski definition) is 3. The Kier molecular flexibility index (Phi) is 8.41. The molecule has 5 unspecified atom stereocenters. The quantitative estimate of drug-likeness (QED) is 0.297. The van der Waals surface area contributed by atoms with E-state index < -0.39 is 67.3 Å². The fraction of sp³-hybridized carbons (Fsp3) is 0.719. The van der Waals surface area contributed by atoms with Crippen molar-refractivity contribution in [3.63, 3.8) is 0 Å². The highest BCUT2D eigenvalue weighted by atomic mass is 32.1. The average molecular weight is 665 g/mol. The summed E-state index contributed by atoms with van der Waals surface area (Å²) >= 11 is 1.48. The van der Waals surface area contributed by atoms with Crippen molar-refractivity contribution in [3.05, 3.63) is 45.1 Å². The van der Waals surface area contributed by atoms with Gasteiger partial charge < -0.3 is 58.0 Å². The first-order valence-corrected chi connectivity index (χ1v) is 16.8. The number of carbonyl (C=O) groups is 1. The molecule has 4 aliphatic heterocycles. The Labute approximate surface area is 269 Å². The Bertz CT molecular complexity index is 1350. The number of rotatable bonds is 6. The van der Waals surface area contributed by atoms with Crippen molar-refractivity contribution in [3.8, 4) is 0 Å². The van der Waals surface area contributed by atoms with Gasteiger partial charge >= 0.3 is 5.97 Å². The highest BCUT2D eigenvalue weighted by Gasteiger charge is 2.59. The van der Waals surface area contributed by atoms with Crippen LogP contribution in [0.2, 0.25) is 0 Å². The van der Waals surface area contributed by atoms with E-state index in [4.69, 9.17) is 42.6 Å². The van der Waals surface area contributed by atoms with Crippen LogP contribution in [-0.2, 0) is 47.4 Å². The monoisotopic (exact) mass is 664 g/mol. The summed E-state index contributed by atoms with van der Waals surface area (Å²) in [7, 11) is 3.15. The molecule has 5 heterocycles. The van der Waals surface area contributed by atoms with Crippen LogP contribution in [0.5, 0.6) is 0 Å². The Morgan fingerprint density at radius 1 is 0.870 bits per heavy atom. The van der Waals surface area contributed by atoms with Gasteiger partial charge in [0.15, 0.2) is 12.6 Å². The molecule has 3 N–H and O–H groups in total.